The molecule has 0 heterocycles. The molecule has 1 aromatic rings. The van der Waals surface area contributed by atoms with Crippen LogP contribution in [0.15, 0.2) is 12.1 Å². The van der Waals surface area contributed by atoms with Gasteiger partial charge >= 0.3 is 5.51 Å². The number of hydrogen-bond donors (Lipinski definition) is 2. The van der Waals surface area contributed by atoms with E-state index in [2.05, 4.69) is 5.32 Å². The molecule has 0 unspecified atom stereocenters. The number of alkyl halides is 3. The van der Waals surface area contributed by atoms with Crippen molar-refractivity contribution < 1.29 is 27.1 Å². The molecule has 1 aromatic carbocycles. The van der Waals surface area contributed by atoms with Crippen molar-refractivity contribution in [2.75, 3.05) is 12.3 Å². The van der Waals surface area contributed by atoms with Crippen molar-refractivity contribution in [1.29, 1.82) is 0 Å². The van der Waals surface area contributed by atoms with Crippen LogP contribution in [0, 0.1) is 11.6 Å². The van der Waals surface area contributed by atoms with Crippen molar-refractivity contribution in [3.63, 3.8) is 0 Å². The van der Waals surface area contributed by atoms with Crippen molar-refractivity contribution in [3.8, 4) is 5.75 Å². The van der Waals surface area contributed by atoms with Gasteiger partial charge in [0.15, 0.2) is 17.4 Å². The molecule has 0 radical (unpaired) electrons. The summed E-state index contributed by atoms with van der Waals surface area (Å²) >= 11 is -0.173. The topological polar surface area (TPSA) is 32.3 Å². The number of thioether (sulfide) groups is 1. The third kappa shape index (κ3) is 5.09. The summed E-state index contributed by atoms with van der Waals surface area (Å²) in [6.07, 6.45) is 0. The zero-order chi connectivity index (χ0) is 13.8. The molecule has 0 bridgehead atoms. The highest BCUT2D eigenvalue weighted by Gasteiger charge is 2.27. The SMILES string of the molecule is Oc1c(F)cc(CNCCSC(F)(F)F)cc1F. The van der Waals surface area contributed by atoms with Crippen LogP contribution in [0.4, 0.5) is 22.0 Å². The first-order chi connectivity index (χ1) is 8.29. The van der Waals surface area contributed by atoms with E-state index < -0.39 is 22.9 Å². The van der Waals surface area contributed by atoms with Crippen LogP contribution in [0.25, 0.3) is 0 Å². The van der Waals surface area contributed by atoms with E-state index in [1.165, 1.54) is 0 Å². The van der Waals surface area contributed by atoms with E-state index in [4.69, 9.17) is 5.11 Å². The summed E-state index contributed by atoms with van der Waals surface area (Å²) < 4.78 is 61.1. The van der Waals surface area contributed by atoms with Gasteiger partial charge < -0.3 is 10.4 Å². The lowest BCUT2D eigenvalue weighted by Crippen LogP contribution is -2.18. The summed E-state index contributed by atoms with van der Waals surface area (Å²) in [5.41, 5.74) is -4.07. The molecule has 0 saturated carbocycles. The van der Waals surface area contributed by atoms with Gasteiger partial charge in [0.05, 0.1) is 0 Å². The summed E-state index contributed by atoms with van der Waals surface area (Å²) in [6, 6.07) is 1.84. The summed E-state index contributed by atoms with van der Waals surface area (Å²) in [7, 11) is 0. The number of phenols is 1. The Morgan fingerprint density at radius 3 is 2.22 bits per heavy atom. The molecule has 1 rings (SSSR count). The fourth-order valence-electron chi connectivity index (χ4n) is 1.19. The van der Waals surface area contributed by atoms with E-state index in [1.807, 2.05) is 0 Å². The summed E-state index contributed by atoms with van der Waals surface area (Å²) in [6.45, 7) is 0.0703. The highest BCUT2D eigenvalue weighted by molar-refractivity contribution is 8.00. The van der Waals surface area contributed by atoms with Crippen molar-refractivity contribution in [3.05, 3.63) is 29.3 Å². The molecule has 102 valence electrons. The van der Waals surface area contributed by atoms with Gasteiger partial charge in [-0.3, -0.25) is 0 Å². The van der Waals surface area contributed by atoms with Gasteiger partial charge in [0.25, 0.3) is 0 Å². The lowest BCUT2D eigenvalue weighted by molar-refractivity contribution is -0.0327. The lowest BCUT2D eigenvalue weighted by atomic mass is 10.2. The number of benzene rings is 1. The Labute approximate surface area is 104 Å². The van der Waals surface area contributed by atoms with E-state index in [0.29, 0.717) is 0 Å². The Kier molecular flexibility index (Phi) is 5.21. The number of nitrogens with one attached hydrogen (secondary N) is 1. The van der Waals surface area contributed by atoms with E-state index in [-0.39, 0.29) is 36.2 Å². The summed E-state index contributed by atoms with van der Waals surface area (Å²) in [5.74, 6) is -3.45. The second kappa shape index (κ2) is 6.24. The highest BCUT2D eigenvalue weighted by Crippen LogP contribution is 2.29. The van der Waals surface area contributed by atoms with Crippen LogP contribution >= 0.6 is 11.8 Å². The van der Waals surface area contributed by atoms with Gasteiger partial charge in [-0.15, -0.1) is 0 Å². The number of halogens is 5. The zero-order valence-corrected chi connectivity index (χ0v) is 9.84. The van der Waals surface area contributed by atoms with E-state index in [9.17, 15) is 22.0 Å². The number of rotatable bonds is 5. The molecule has 2 nitrogen and oxygen atoms in total. The largest absolute Gasteiger partial charge is 0.503 e. The van der Waals surface area contributed by atoms with Crippen molar-refractivity contribution >= 4 is 11.8 Å². The summed E-state index contributed by atoms with van der Waals surface area (Å²) in [5, 5.41) is 11.4. The molecule has 0 atom stereocenters. The van der Waals surface area contributed by atoms with Crippen LogP contribution in [0.1, 0.15) is 5.56 Å². The van der Waals surface area contributed by atoms with Crippen molar-refractivity contribution in [1.82, 2.24) is 5.32 Å². The Hall–Kier alpha value is -1.02. The number of phenolic OH excluding ortho intramolecular Hbond substituents is 1. The Morgan fingerprint density at radius 1 is 1.17 bits per heavy atom. The molecule has 0 spiro atoms. The van der Waals surface area contributed by atoms with Crippen LogP contribution in [0.3, 0.4) is 0 Å². The second-order valence-corrected chi connectivity index (χ2v) is 4.54. The van der Waals surface area contributed by atoms with Gasteiger partial charge in [0.2, 0.25) is 0 Å². The van der Waals surface area contributed by atoms with Gasteiger partial charge in [-0.05, 0) is 29.5 Å². The van der Waals surface area contributed by atoms with Crippen LogP contribution in [-0.2, 0) is 6.54 Å². The standard InChI is InChI=1S/C10H10F5NOS/c11-7-3-6(4-8(12)9(7)17)5-16-1-2-18-10(13,14)15/h3-4,16-17H,1-2,5H2. The van der Waals surface area contributed by atoms with Gasteiger partial charge in [-0.2, -0.15) is 13.2 Å². The first kappa shape index (κ1) is 15.0. The first-order valence-electron chi connectivity index (χ1n) is 4.88. The molecule has 0 aliphatic carbocycles. The number of aromatic hydroxyl groups is 1. The number of hydrogen-bond acceptors (Lipinski definition) is 3. The molecule has 0 aliphatic rings. The molecular weight excluding hydrogens is 277 g/mol. The maximum atomic E-state index is 12.9. The molecule has 2 N–H and O–H groups in total. The molecule has 8 heteroatoms. The molecule has 0 fully saturated rings. The zero-order valence-electron chi connectivity index (χ0n) is 9.02. The van der Waals surface area contributed by atoms with E-state index in [1.54, 1.807) is 0 Å². The quantitative estimate of drug-likeness (QED) is 0.645. The monoisotopic (exact) mass is 287 g/mol. The minimum absolute atomic E-state index is 0.0204. The molecule has 0 saturated heterocycles. The van der Waals surface area contributed by atoms with Crippen LogP contribution in [0.2, 0.25) is 0 Å². The van der Waals surface area contributed by atoms with Crippen LogP contribution in [-0.4, -0.2) is 22.9 Å². The highest BCUT2D eigenvalue weighted by atomic mass is 32.2. The Morgan fingerprint density at radius 2 is 1.72 bits per heavy atom. The normalized spacial score (nSPS) is 11.8. The second-order valence-electron chi connectivity index (χ2n) is 3.38. The fourth-order valence-corrected chi connectivity index (χ4v) is 1.67. The van der Waals surface area contributed by atoms with E-state index in [0.717, 1.165) is 12.1 Å². The van der Waals surface area contributed by atoms with Gasteiger partial charge in [-0.1, -0.05) is 0 Å². The maximum absolute atomic E-state index is 12.9. The molecule has 0 aromatic heterocycles. The third-order valence-corrected chi connectivity index (χ3v) is 2.69. The average molecular weight is 287 g/mol. The molecule has 0 aliphatic heterocycles. The summed E-state index contributed by atoms with van der Waals surface area (Å²) in [4.78, 5) is 0. The van der Waals surface area contributed by atoms with Crippen molar-refractivity contribution in [2.24, 2.45) is 0 Å². The van der Waals surface area contributed by atoms with Gasteiger partial charge in [0, 0.05) is 18.8 Å². The maximum Gasteiger partial charge on any atom is 0.441 e. The average Bonchev–Trinajstić information content (AvgIpc) is 2.23. The molecule has 18 heavy (non-hydrogen) atoms. The molecular formula is C10H10F5NOS. The first-order valence-corrected chi connectivity index (χ1v) is 5.86. The van der Waals surface area contributed by atoms with Crippen LogP contribution < -0.4 is 5.32 Å². The van der Waals surface area contributed by atoms with Crippen molar-refractivity contribution in [2.45, 2.75) is 12.1 Å². The molecule has 0 amide bonds. The predicted molar refractivity (Wildman–Crippen MR) is 58.2 cm³/mol. The third-order valence-electron chi connectivity index (χ3n) is 1.95. The van der Waals surface area contributed by atoms with E-state index >= 15 is 0 Å². The predicted octanol–water partition coefficient (Wildman–Crippen LogP) is 3.01. The smallest absolute Gasteiger partial charge is 0.441 e. The van der Waals surface area contributed by atoms with Gasteiger partial charge in [-0.25, -0.2) is 8.78 Å². The fraction of sp³-hybridized carbons (Fsp3) is 0.400. The lowest BCUT2D eigenvalue weighted by Gasteiger charge is -2.07. The Balaban J connectivity index is 2.36. The minimum atomic E-state index is -4.28. The Bertz CT molecular complexity index is 387. The minimum Gasteiger partial charge on any atom is -0.503 e. The van der Waals surface area contributed by atoms with Crippen LogP contribution in [0.5, 0.6) is 5.75 Å². The van der Waals surface area contributed by atoms with Gasteiger partial charge in [0.1, 0.15) is 0 Å².